The molecule has 0 aliphatic heterocycles. The minimum Gasteiger partial charge on any atom is -0.492 e. The van der Waals surface area contributed by atoms with Crippen molar-refractivity contribution in [3.63, 3.8) is 0 Å². The lowest BCUT2D eigenvalue weighted by atomic mass is 10.2. The molecule has 0 saturated carbocycles. The van der Waals surface area contributed by atoms with Crippen LogP contribution >= 0.6 is 0 Å². The lowest BCUT2D eigenvalue weighted by Crippen LogP contribution is -2.30. The molecule has 0 amide bonds. The van der Waals surface area contributed by atoms with Crippen LogP contribution in [0.2, 0.25) is 0 Å². The molecular formula is C13H18N2O2. The first kappa shape index (κ1) is 13.5. The van der Waals surface area contributed by atoms with E-state index in [2.05, 4.69) is 6.07 Å². The van der Waals surface area contributed by atoms with Crippen molar-refractivity contribution in [1.29, 1.82) is 5.26 Å². The third kappa shape index (κ3) is 5.34. The number of hydrogen-bond acceptors (Lipinski definition) is 4. The van der Waals surface area contributed by atoms with E-state index in [1.807, 2.05) is 18.0 Å². The monoisotopic (exact) mass is 234 g/mol. The normalized spacial score (nSPS) is 12.2. The Morgan fingerprint density at radius 2 is 2.29 bits per heavy atom. The zero-order valence-electron chi connectivity index (χ0n) is 10.3. The molecule has 0 spiro atoms. The number of nitriles is 1. The van der Waals surface area contributed by atoms with Crippen LogP contribution in [0.4, 0.5) is 0 Å². The van der Waals surface area contributed by atoms with Crippen LogP contribution in [0.3, 0.4) is 0 Å². The number of ether oxygens (including phenoxy) is 1. The van der Waals surface area contributed by atoms with Gasteiger partial charge in [0.2, 0.25) is 0 Å². The number of aliphatic hydroxyl groups excluding tert-OH is 1. The third-order valence-electron chi connectivity index (χ3n) is 2.28. The summed E-state index contributed by atoms with van der Waals surface area (Å²) < 4.78 is 5.53. The Balaban J connectivity index is 2.33. The lowest BCUT2D eigenvalue weighted by molar-refractivity contribution is 0.131. The average molecular weight is 234 g/mol. The van der Waals surface area contributed by atoms with Crippen molar-refractivity contribution < 1.29 is 9.84 Å². The summed E-state index contributed by atoms with van der Waals surface area (Å²) in [5.74, 6) is 0.703. The van der Waals surface area contributed by atoms with Gasteiger partial charge in [0.1, 0.15) is 12.4 Å². The predicted molar refractivity (Wildman–Crippen MR) is 65.8 cm³/mol. The Morgan fingerprint density at radius 3 is 2.94 bits per heavy atom. The minimum absolute atomic E-state index is 0.332. The fraction of sp³-hybridized carbons (Fsp3) is 0.462. The molecule has 4 heteroatoms. The molecule has 4 nitrogen and oxygen atoms in total. The Hall–Kier alpha value is -1.57. The van der Waals surface area contributed by atoms with Crippen LogP contribution in [0.25, 0.3) is 0 Å². The number of rotatable bonds is 6. The summed E-state index contributed by atoms with van der Waals surface area (Å²) in [5, 5.41) is 17.9. The molecule has 0 heterocycles. The van der Waals surface area contributed by atoms with E-state index in [4.69, 9.17) is 10.00 Å². The second kappa shape index (κ2) is 6.89. The maximum Gasteiger partial charge on any atom is 0.120 e. The highest BCUT2D eigenvalue weighted by atomic mass is 16.5. The smallest absolute Gasteiger partial charge is 0.120 e. The van der Waals surface area contributed by atoms with Gasteiger partial charge in [-0.15, -0.1) is 0 Å². The molecule has 92 valence electrons. The summed E-state index contributed by atoms with van der Waals surface area (Å²) in [5.41, 5.74) is 0.597. The SMILES string of the molecule is CC(O)CN(C)CCOc1cccc(C#N)c1. The fourth-order valence-electron chi connectivity index (χ4n) is 1.52. The molecule has 17 heavy (non-hydrogen) atoms. The lowest BCUT2D eigenvalue weighted by Gasteiger charge is -2.18. The molecule has 0 fully saturated rings. The number of aliphatic hydroxyl groups is 1. The van der Waals surface area contributed by atoms with E-state index in [0.717, 1.165) is 6.54 Å². The van der Waals surface area contributed by atoms with Gasteiger partial charge in [-0.05, 0) is 32.2 Å². The van der Waals surface area contributed by atoms with Crippen LogP contribution in [-0.2, 0) is 0 Å². The number of benzene rings is 1. The van der Waals surface area contributed by atoms with Crippen LogP contribution in [0.15, 0.2) is 24.3 Å². The number of hydrogen-bond donors (Lipinski definition) is 1. The van der Waals surface area contributed by atoms with Crippen LogP contribution < -0.4 is 4.74 Å². The molecule has 1 aromatic rings. The van der Waals surface area contributed by atoms with Gasteiger partial charge in [0.15, 0.2) is 0 Å². The van der Waals surface area contributed by atoms with Gasteiger partial charge in [-0.25, -0.2) is 0 Å². The predicted octanol–water partition coefficient (Wildman–Crippen LogP) is 1.25. The van der Waals surface area contributed by atoms with E-state index in [-0.39, 0.29) is 6.10 Å². The van der Waals surface area contributed by atoms with Gasteiger partial charge >= 0.3 is 0 Å². The molecular weight excluding hydrogens is 216 g/mol. The largest absolute Gasteiger partial charge is 0.492 e. The van der Waals surface area contributed by atoms with E-state index in [1.54, 1.807) is 25.1 Å². The van der Waals surface area contributed by atoms with Gasteiger partial charge in [0.25, 0.3) is 0 Å². The van der Waals surface area contributed by atoms with Gasteiger partial charge in [0.05, 0.1) is 17.7 Å². The maximum absolute atomic E-state index is 9.19. The van der Waals surface area contributed by atoms with E-state index >= 15 is 0 Å². The van der Waals surface area contributed by atoms with Gasteiger partial charge < -0.3 is 14.7 Å². The van der Waals surface area contributed by atoms with E-state index in [9.17, 15) is 5.11 Å². The second-order valence-electron chi connectivity index (χ2n) is 4.10. The van der Waals surface area contributed by atoms with Crippen molar-refractivity contribution in [3.8, 4) is 11.8 Å². The summed E-state index contributed by atoms with van der Waals surface area (Å²) in [4.78, 5) is 2.00. The third-order valence-corrected chi connectivity index (χ3v) is 2.28. The second-order valence-corrected chi connectivity index (χ2v) is 4.10. The zero-order chi connectivity index (χ0) is 12.7. The first-order valence-electron chi connectivity index (χ1n) is 5.61. The first-order valence-corrected chi connectivity index (χ1v) is 5.61. The summed E-state index contributed by atoms with van der Waals surface area (Å²) in [7, 11) is 1.93. The van der Waals surface area contributed by atoms with E-state index in [1.165, 1.54) is 0 Å². The van der Waals surface area contributed by atoms with Crippen molar-refractivity contribution in [2.24, 2.45) is 0 Å². The molecule has 1 N–H and O–H groups in total. The van der Waals surface area contributed by atoms with Crippen molar-refractivity contribution >= 4 is 0 Å². The van der Waals surface area contributed by atoms with Crippen molar-refractivity contribution in [3.05, 3.63) is 29.8 Å². The molecule has 1 rings (SSSR count). The summed E-state index contributed by atoms with van der Waals surface area (Å²) in [6.07, 6.45) is -0.332. The molecule has 0 aliphatic carbocycles. The van der Waals surface area contributed by atoms with Crippen molar-refractivity contribution in [1.82, 2.24) is 4.90 Å². The van der Waals surface area contributed by atoms with E-state index < -0.39 is 0 Å². The van der Waals surface area contributed by atoms with Crippen molar-refractivity contribution in [2.45, 2.75) is 13.0 Å². The topological polar surface area (TPSA) is 56.5 Å². The molecule has 0 radical (unpaired) electrons. The standard InChI is InChI=1S/C13H18N2O2/c1-11(16)10-15(2)6-7-17-13-5-3-4-12(8-13)9-14/h3-5,8,11,16H,6-7,10H2,1-2H3. The zero-order valence-corrected chi connectivity index (χ0v) is 10.3. The molecule has 1 atom stereocenters. The Labute approximate surface area is 102 Å². The molecule has 0 saturated heterocycles. The Morgan fingerprint density at radius 1 is 1.53 bits per heavy atom. The molecule has 0 aromatic heterocycles. The molecule has 0 aliphatic rings. The highest BCUT2D eigenvalue weighted by molar-refractivity contribution is 5.36. The van der Waals surface area contributed by atoms with Crippen LogP contribution in [0, 0.1) is 11.3 Å². The average Bonchev–Trinajstić information content (AvgIpc) is 2.28. The molecule has 1 aromatic carbocycles. The first-order chi connectivity index (χ1) is 8.11. The summed E-state index contributed by atoms with van der Waals surface area (Å²) in [6.45, 7) is 3.66. The van der Waals surface area contributed by atoms with Crippen LogP contribution in [-0.4, -0.2) is 42.9 Å². The number of nitrogens with zero attached hydrogens (tertiary/aromatic N) is 2. The summed E-state index contributed by atoms with van der Waals surface area (Å²) >= 11 is 0. The van der Waals surface area contributed by atoms with Crippen LogP contribution in [0.5, 0.6) is 5.75 Å². The number of likely N-dealkylation sites (N-methyl/N-ethyl adjacent to an activating group) is 1. The molecule has 0 bridgehead atoms. The minimum atomic E-state index is -0.332. The quantitative estimate of drug-likeness (QED) is 0.805. The Kier molecular flexibility index (Phi) is 5.47. The fourth-order valence-corrected chi connectivity index (χ4v) is 1.52. The van der Waals surface area contributed by atoms with Crippen molar-refractivity contribution in [2.75, 3.05) is 26.7 Å². The highest BCUT2D eigenvalue weighted by Gasteiger charge is 2.03. The molecule has 1 unspecified atom stereocenters. The van der Waals surface area contributed by atoms with Gasteiger partial charge in [-0.2, -0.15) is 5.26 Å². The van der Waals surface area contributed by atoms with E-state index in [0.29, 0.717) is 24.5 Å². The maximum atomic E-state index is 9.19. The Bertz CT molecular complexity index is 385. The van der Waals surface area contributed by atoms with Gasteiger partial charge in [-0.3, -0.25) is 0 Å². The summed E-state index contributed by atoms with van der Waals surface area (Å²) in [6, 6.07) is 9.16. The van der Waals surface area contributed by atoms with Gasteiger partial charge in [-0.1, -0.05) is 6.07 Å². The highest BCUT2D eigenvalue weighted by Crippen LogP contribution is 2.12. The van der Waals surface area contributed by atoms with Gasteiger partial charge in [0, 0.05) is 13.1 Å². The van der Waals surface area contributed by atoms with Crippen LogP contribution in [0.1, 0.15) is 12.5 Å².